The second-order valence-electron chi connectivity index (χ2n) is 4.95. The SMILES string of the molecule is CCCCCCCCCCCC/C=C\OC(C)=O. The van der Waals surface area contributed by atoms with E-state index in [-0.39, 0.29) is 5.97 Å². The Labute approximate surface area is 113 Å². The first-order chi connectivity index (χ1) is 8.77. The lowest BCUT2D eigenvalue weighted by molar-refractivity contribution is -0.135. The van der Waals surface area contributed by atoms with Crippen LogP contribution in [-0.4, -0.2) is 5.97 Å². The molecular formula is C16H30O2. The molecule has 0 aliphatic carbocycles. The van der Waals surface area contributed by atoms with Crippen LogP contribution in [0.5, 0.6) is 0 Å². The van der Waals surface area contributed by atoms with Crippen molar-refractivity contribution in [1.29, 1.82) is 0 Å². The summed E-state index contributed by atoms with van der Waals surface area (Å²) < 4.78 is 4.71. The molecule has 106 valence electrons. The summed E-state index contributed by atoms with van der Waals surface area (Å²) in [4.78, 5) is 10.5. The molecule has 0 unspecified atom stereocenters. The molecule has 0 heterocycles. The molecule has 0 aromatic rings. The zero-order chi connectivity index (χ0) is 13.5. The Kier molecular flexibility index (Phi) is 13.6. The fourth-order valence-electron chi connectivity index (χ4n) is 1.96. The highest BCUT2D eigenvalue weighted by Crippen LogP contribution is 2.11. The molecule has 0 bridgehead atoms. The molecule has 0 aliphatic rings. The quantitative estimate of drug-likeness (QED) is 0.266. The summed E-state index contributed by atoms with van der Waals surface area (Å²) in [5, 5.41) is 0. The van der Waals surface area contributed by atoms with Gasteiger partial charge in [0, 0.05) is 6.92 Å². The lowest BCUT2D eigenvalue weighted by atomic mass is 10.1. The first-order valence-corrected chi connectivity index (χ1v) is 7.59. The maximum atomic E-state index is 10.5. The first-order valence-electron chi connectivity index (χ1n) is 7.59. The smallest absolute Gasteiger partial charge is 0.307 e. The van der Waals surface area contributed by atoms with Gasteiger partial charge in [-0.3, -0.25) is 4.79 Å². The van der Waals surface area contributed by atoms with E-state index >= 15 is 0 Å². The Morgan fingerprint density at radius 2 is 1.39 bits per heavy atom. The molecular weight excluding hydrogens is 224 g/mol. The molecule has 0 fully saturated rings. The van der Waals surface area contributed by atoms with Gasteiger partial charge in [0.15, 0.2) is 0 Å². The minimum atomic E-state index is -0.241. The summed E-state index contributed by atoms with van der Waals surface area (Å²) in [6, 6.07) is 0. The molecule has 0 radical (unpaired) electrons. The van der Waals surface area contributed by atoms with E-state index in [4.69, 9.17) is 4.74 Å². The lowest BCUT2D eigenvalue weighted by Crippen LogP contribution is -1.89. The molecule has 0 saturated heterocycles. The van der Waals surface area contributed by atoms with E-state index in [1.807, 2.05) is 6.08 Å². The van der Waals surface area contributed by atoms with Gasteiger partial charge in [-0.05, 0) is 18.9 Å². The maximum absolute atomic E-state index is 10.5. The number of unbranched alkanes of at least 4 members (excludes halogenated alkanes) is 10. The summed E-state index contributed by atoms with van der Waals surface area (Å²) in [5.74, 6) is -0.241. The molecule has 2 nitrogen and oxygen atoms in total. The number of hydrogen-bond acceptors (Lipinski definition) is 2. The second-order valence-corrected chi connectivity index (χ2v) is 4.95. The molecule has 0 N–H and O–H groups in total. The summed E-state index contributed by atoms with van der Waals surface area (Å²) in [7, 11) is 0. The highest BCUT2D eigenvalue weighted by molar-refractivity contribution is 5.66. The predicted molar refractivity (Wildman–Crippen MR) is 77.4 cm³/mol. The zero-order valence-electron chi connectivity index (χ0n) is 12.2. The van der Waals surface area contributed by atoms with Gasteiger partial charge in [-0.1, -0.05) is 64.7 Å². The molecule has 0 aromatic heterocycles. The highest BCUT2D eigenvalue weighted by atomic mass is 16.5. The van der Waals surface area contributed by atoms with Crippen molar-refractivity contribution in [3.63, 3.8) is 0 Å². The van der Waals surface area contributed by atoms with E-state index in [0.29, 0.717) is 0 Å². The number of ether oxygens (including phenoxy) is 1. The summed E-state index contributed by atoms with van der Waals surface area (Å²) in [6.45, 7) is 3.68. The van der Waals surface area contributed by atoms with Gasteiger partial charge < -0.3 is 4.74 Å². The fraction of sp³-hybridized carbons (Fsp3) is 0.812. The Bertz CT molecular complexity index is 209. The van der Waals surface area contributed by atoms with E-state index in [1.165, 1.54) is 77.4 Å². The highest BCUT2D eigenvalue weighted by Gasteiger charge is 1.92. The van der Waals surface area contributed by atoms with Gasteiger partial charge in [0.2, 0.25) is 0 Å². The molecule has 0 atom stereocenters. The van der Waals surface area contributed by atoms with Crippen molar-refractivity contribution in [2.45, 2.75) is 84.5 Å². The van der Waals surface area contributed by atoms with Crippen LogP contribution in [0.15, 0.2) is 12.3 Å². The van der Waals surface area contributed by atoms with Crippen LogP contribution in [0.2, 0.25) is 0 Å². The third-order valence-corrected chi connectivity index (χ3v) is 3.05. The summed E-state index contributed by atoms with van der Waals surface area (Å²) >= 11 is 0. The van der Waals surface area contributed by atoms with Crippen LogP contribution >= 0.6 is 0 Å². The van der Waals surface area contributed by atoms with Crippen molar-refractivity contribution < 1.29 is 9.53 Å². The monoisotopic (exact) mass is 254 g/mol. The average Bonchev–Trinajstić information content (AvgIpc) is 2.34. The molecule has 0 spiro atoms. The molecule has 2 heteroatoms. The molecule has 0 amide bonds. The average molecular weight is 254 g/mol. The molecule has 0 rings (SSSR count). The van der Waals surface area contributed by atoms with Crippen LogP contribution in [0.1, 0.15) is 84.5 Å². The third kappa shape index (κ3) is 15.2. The second kappa shape index (κ2) is 14.3. The minimum absolute atomic E-state index is 0.241. The van der Waals surface area contributed by atoms with Gasteiger partial charge in [-0.15, -0.1) is 0 Å². The number of esters is 1. The standard InChI is InChI=1S/C16H30O2/c1-3-4-5-6-7-8-9-10-11-12-13-14-15-18-16(2)17/h14-15H,3-13H2,1-2H3/b15-14-. The Morgan fingerprint density at radius 3 is 1.89 bits per heavy atom. The topological polar surface area (TPSA) is 26.3 Å². The number of allylic oxidation sites excluding steroid dienone is 1. The van der Waals surface area contributed by atoms with Gasteiger partial charge in [-0.25, -0.2) is 0 Å². The van der Waals surface area contributed by atoms with Crippen molar-refractivity contribution in [2.24, 2.45) is 0 Å². The van der Waals surface area contributed by atoms with Crippen molar-refractivity contribution >= 4 is 5.97 Å². The fourth-order valence-corrected chi connectivity index (χ4v) is 1.96. The molecule has 0 saturated carbocycles. The largest absolute Gasteiger partial charge is 0.435 e. The van der Waals surface area contributed by atoms with Gasteiger partial charge in [0.25, 0.3) is 0 Å². The van der Waals surface area contributed by atoms with E-state index in [0.717, 1.165) is 6.42 Å². The van der Waals surface area contributed by atoms with Crippen LogP contribution in [-0.2, 0) is 9.53 Å². The lowest BCUT2D eigenvalue weighted by Gasteiger charge is -2.01. The predicted octanol–water partition coefficient (Wildman–Crippen LogP) is 5.37. The van der Waals surface area contributed by atoms with Gasteiger partial charge in [-0.2, -0.15) is 0 Å². The molecule has 18 heavy (non-hydrogen) atoms. The van der Waals surface area contributed by atoms with Crippen molar-refractivity contribution in [3.8, 4) is 0 Å². The first kappa shape index (κ1) is 17.2. The van der Waals surface area contributed by atoms with Crippen LogP contribution in [0, 0.1) is 0 Å². The maximum Gasteiger partial charge on any atom is 0.307 e. The third-order valence-electron chi connectivity index (χ3n) is 3.05. The van der Waals surface area contributed by atoms with Crippen LogP contribution in [0.3, 0.4) is 0 Å². The summed E-state index contributed by atoms with van der Waals surface area (Å²) in [5.41, 5.74) is 0. The Balaban J connectivity index is 3.03. The Morgan fingerprint density at radius 1 is 0.889 bits per heavy atom. The van der Waals surface area contributed by atoms with Gasteiger partial charge >= 0.3 is 5.97 Å². The van der Waals surface area contributed by atoms with Crippen LogP contribution in [0.4, 0.5) is 0 Å². The van der Waals surface area contributed by atoms with Gasteiger partial charge in [0.05, 0.1) is 6.26 Å². The van der Waals surface area contributed by atoms with Crippen molar-refractivity contribution in [2.75, 3.05) is 0 Å². The zero-order valence-corrected chi connectivity index (χ0v) is 12.2. The number of carbonyl (C=O) groups is 1. The minimum Gasteiger partial charge on any atom is -0.435 e. The molecule has 0 aromatic carbocycles. The number of rotatable bonds is 12. The van der Waals surface area contributed by atoms with Crippen molar-refractivity contribution in [3.05, 3.63) is 12.3 Å². The number of hydrogen-bond donors (Lipinski definition) is 0. The van der Waals surface area contributed by atoms with Crippen molar-refractivity contribution in [1.82, 2.24) is 0 Å². The number of carbonyl (C=O) groups excluding carboxylic acids is 1. The van der Waals surface area contributed by atoms with E-state index < -0.39 is 0 Å². The summed E-state index contributed by atoms with van der Waals surface area (Å²) in [6.07, 6.45) is 18.0. The van der Waals surface area contributed by atoms with Crippen LogP contribution < -0.4 is 0 Å². The van der Waals surface area contributed by atoms with E-state index in [9.17, 15) is 4.79 Å². The van der Waals surface area contributed by atoms with Gasteiger partial charge in [0.1, 0.15) is 0 Å². The van der Waals surface area contributed by atoms with E-state index in [2.05, 4.69) is 6.92 Å². The normalized spacial score (nSPS) is 11.0. The van der Waals surface area contributed by atoms with Crippen LogP contribution in [0.25, 0.3) is 0 Å². The Hall–Kier alpha value is -0.790. The molecule has 0 aliphatic heterocycles. The van der Waals surface area contributed by atoms with E-state index in [1.54, 1.807) is 0 Å².